The molecule has 1 aromatic carbocycles. The normalized spacial score (nSPS) is 11.3. The van der Waals surface area contributed by atoms with Crippen LogP contribution in [0.3, 0.4) is 0 Å². The van der Waals surface area contributed by atoms with Gasteiger partial charge in [0.05, 0.1) is 12.3 Å². The molecule has 24 heavy (non-hydrogen) atoms. The lowest BCUT2D eigenvalue weighted by molar-refractivity contribution is 0.242. The number of aromatic nitrogens is 4. The number of nitrogens with one attached hydrogen (secondary N) is 1. The van der Waals surface area contributed by atoms with Crippen molar-refractivity contribution in [3.63, 3.8) is 0 Å². The SMILES string of the molecule is CC(C)Oc1cccc(-c2n[nH]c(=S)n2N=Cc2cccnc2)c1. The molecule has 0 radical (unpaired) electrons. The fraction of sp³-hybridized carbons (Fsp3) is 0.176. The number of nitrogens with zero attached hydrogens (tertiary/aromatic N) is 4. The number of hydrogen-bond donors (Lipinski definition) is 1. The van der Waals surface area contributed by atoms with Crippen molar-refractivity contribution >= 4 is 18.4 Å². The van der Waals surface area contributed by atoms with Gasteiger partial charge in [0.1, 0.15) is 5.75 Å². The molecule has 0 unspecified atom stereocenters. The van der Waals surface area contributed by atoms with Gasteiger partial charge in [0.25, 0.3) is 0 Å². The molecule has 3 aromatic rings. The molecule has 0 aliphatic rings. The number of pyridine rings is 1. The highest BCUT2D eigenvalue weighted by molar-refractivity contribution is 7.71. The Morgan fingerprint density at radius 3 is 2.92 bits per heavy atom. The third kappa shape index (κ3) is 3.75. The summed E-state index contributed by atoms with van der Waals surface area (Å²) in [4.78, 5) is 4.06. The standard InChI is InChI=1S/C17H17N5OS/c1-12(2)23-15-7-3-6-14(9-15)16-20-21-17(24)22(16)19-11-13-5-4-8-18-10-13/h3-12H,1-2H3,(H,21,24). The lowest BCUT2D eigenvalue weighted by Crippen LogP contribution is -2.05. The second-order valence-corrected chi connectivity index (χ2v) is 5.78. The van der Waals surface area contributed by atoms with Crippen LogP contribution in [0, 0.1) is 4.77 Å². The third-order valence-electron chi connectivity index (χ3n) is 3.12. The average molecular weight is 339 g/mol. The zero-order chi connectivity index (χ0) is 16.9. The molecule has 0 aliphatic heterocycles. The molecule has 122 valence electrons. The molecule has 2 aromatic heterocycles. The highest BCUT2D eigenvalue weighted by atomic mass is 32.1. The van der Waals surface area contributed by atoms with Crippen LogP contribution in [0.5, 0.6) is 5.75 Å². The highest BCUT2D eigenvalue weighted by Gasteiger charge is 2.09. The molecule has 1 N–H and O–H groups in total. The maximum absolute atomic E-state index is 5.73. The minimum atomic E-state index is 0.102. The van der Waals surface area contributed by atoms with Gasteiger partial charge in [0, 0.05) is 23.5 Å². The van der Waals surface area contributed by atoms with Gasteiger partial charge in [0.15, 0.2) is 5.82 Å². The minimum Gasteiger partial charge on any atom is -0.491 e. The van der Waals surface area contributed by atoms with E-state index in [4.69, 9.17) is 17.0 Å². The minimum absolute atomic E-state index is 0.102. The Morgan fingerprint density at radius 1 is 1.29 bits per heavy atom. The number of aromatic amines is 1. The molecule has 7 heteroatoms. The largest absolute Gasteiger partial charge is 0.491 e. The number of ether oxygens (including phenoxy) is 1. The van der Waals surface area contributed by atoms with Crippen molar-refractivity contribution in [2.45, 2.75) is 20.0 Å². The zero-order valence-corrected chi connectivity index (χ0v) is 14.2. The average Bonchev–Trinajstić information content (AvgIpc) is 2.94. The van der Waals surface area contributed by atoms with E-state index >= 15 is 0 Å². The summed E-state index contributed by atoms with van der Waals surface area (Å²) >= 11 is 5.28. The predicted molar refractivity (Wildman–Crippen MR) is 95.8 cm³/mol. The van der Waals surface area contributed by atoms with Gasteiger partial charge < -0.3 is 4.74 Å². The van der Waals surface area contributed by atoms with Crippen molar-refractivity contribution in [3.05, 3.63) is 59.1 Å². The first-order valence-corrected chi connectivity index (χ1v) is 7.93. The van der Waals surface area contributed by atoms with Gasteiger partial charge in [-0.2, -0.15) is 14.9 Å². The Balaban J connectivity index is 1.96. The first kappa shape index (κ1) is 16.1. The maximum Gasteiger partial charge on any atom is 0.216 e. The van der Waals surface area contributed by atoms with Gasteiger partial charge in [-0.1, -0.05) is 18.2 Å². The van der Waals surface area contributed by atoms with E-state index < -0.39 is 0 Å². The van der Waals surface area contributed by atoms with E-state index in [1.165, 1.54) is 0 Å². The molecule has 0 bridgehead atoms. The number of benzene rings is 1. The molecule has 0 aliphatic carbocycles. The Labute approximate surface area is 144 Å². The van der Waals surface area contributed by atoms with Crippen LogP contribution in [-0.2, 0) is 0 Å². The summed E-state index contributed by atoms with van der Waals surface area (Å²) < 4.78 is 7.73. The van der Waals surface area contributed by atoms with Gasteiger partial charge in [-0.3, -0.25) is 4.98 Å². The summed E-state index contributed by atoms with van der Waals surface area (Å²) in [6, 6.07) is 11.4. The van der Waals surface area contributed by atoms with Gasteiger partial charge >= 0.3 is 0 Å². The molecule has 0 fully saturated rings. The molecule has 0 saturated heterocycles. The topological polar surface area (TPSA) is 68.1 Å². The molecular formula is C17H17N5OS. The molecule has 0 spiro atoms. The second kappa shape index (κ2) is 7.18. The van der Waals surface area contributed by atoms with Gasteiger partial charge in [-0.25, -0.2) is 5.10 Å². The molecule has 2 heterocycles. The van der Waals surface area contributed by atoms with E-state index in [2.05, 4.69) is 20.3 Å². The van der Waals surface area contributed by atoms with Gasteiger partial charge in [-0.15, -0.1) is 0 Å². The Kier molecular flexibility index (Phi) is 4.81. The lowest BCUT2D eigenvalue weighted by Gasteiger charge is -2.10. The third-order valence-corrected chi connectivity index (χ3v) is 3.39. The maximum atomic E-state index is 5.73. The lowest BCUT2D eigenvalue weighted by atomic mass is 10.2. The summed E-state index contributed by atoms with van der Waals surface area (Å²) in [5.74, 6) is 1.40. The molecule has 0 amide bonds. The van der Waals surface area contributed by atoms with Crippen molar-refractivity contribution in [1.29, 1.82) is 0 Å². The quantitative estimate of drug-likeness (QED) is 0.569. The van der Waals surface area contributed by atoms with Crippen LogP contribution >= 0.6 is 12.2 Å². The van der Waals surface area contributed by atoms with Gasteiger partial charge in [-0.05, 0) is 44.3 Å². The Bertz CT molecular complexity index is 899. The number of rotatable bonds is 5. The summed E-state index contributed by atoms with van der Waals surface area (Å²) in [6.45, 7) is 3.97. The first-order valence-electron chi connectivity index (χ1n) is 7.52. The summed E-state index contributed by atoms with van der Waals surface area (Å²) in [5, 5.41) is 11.5. The van der Waals surface area contributed by atoms with Crippen LogP contribution < -0.4 is 4.74 Å². The predicted octanol–water partition coefficient (Wildman–Crippen LogP) is 3.67. The van der Waals surface area contributed by atoms with Crippen LogP contribution in [0.1, 0.15) is 19.4 Å². The smallest absolute Gasteiger partial charge is 0.216 e. The van der Waals surface area contributed by atoms with Crippen molar-refractivity contribution in [2.24, 2.45) is 5.10 Å². The van der Waals surface area contributed by atoms with Crippen LogP contribution in [-0.4, -0.2) is 32.2 Å². The van der Waals surface area contributed by atoms with E-state index in [0.717, 1.165) is 16.9 Å². The van der Waals surface area contributed by atoms with Crippen molar-refractivity contribution in [2.75, 3.05) is 0 Å². The fourth-order valence-electron chi connectivity index (χ4n) is 2.14. The molecule has 0 atom stereocenters. The van der Waals surface area contributed by atoms with Crippen LogP contribution in [0.2, 0.25) is 0 Å². The molecule has 0 saturated carbocycles. The molecular weight excluding hydrogens is 322 g/mol. The van der Waals surface area contributed by atoms with Crippen LogP contribution in [0.15, 0.2) is 53.9 Å². The highest BCUT2D eigenvalue weighted by Crippen LogP contribution is 2.23. The van der Waals surface area contributed by atoms with E-state index in [1.54, 1.807) is 23.3 Å². The van der Waals surface area contributed by atoms with E-state index in [-0.39, 0.29) is 6.10 Å². The molecule has 3 rings (SSSR count). The van der Waals surface area contributed by atoms with E-state index in [0.29, 0.717) is 10.6 Å². The number of H-pyrrole nitrogens is 1. The van der Waals surface area contributed by atoms with Crippen LogP contribution in [0.4, 0.5) is 0 Å². The Morgan fingerprint density at radius 2 is 2.17 bits per heavy atom. The fourth-order valence-corrected chi connectivity index (χ4v) is 2.32. The van der Waals surface area contributed by atoms with Crippen molar-refractivity contribution < 1.29 is 4.74 Å². The van der Waals surface area contributed by atoms with Crippen molar-refractivity contribution in [1.82, 2.24) is 19.9 Å². The summed E-state index contributed by atoms with van der Waals surface area (Å²) in [5.41, 5.74) is 1.74. The number of hydrogen-bond acceptors (Lipinski definition) is 5. The van der Waals surface area contributed by atoms with Crippen LogP contribution in [0.25, 0.3) is 11.4 Å². The zero-order valence-electron chi connectivity index (χ0n) is 13.4. The molecule has 6 nitrogen and oxygen atoms in total. The van der Waals surface area contributed by atoms with E-state index in [1.807, 2.05) is 50.2 Å². The summed E-state index contributed by atoms with van der Waals surface area (Å²) in [6.07, 6.45) is 5.23. The van der Waals surface area contributed by atoms with E-state index in [9.17, 15) is 0 Å². The first-order chi connectivity index (χ1) is 11.6. The second-order valence-electron chi connectivity index (χ2n) is 5.39. The van der Waals surface area contributed by atoms with Crippen molar-refractivity contribution in [3.8, 4) is 17.1 Å². The summed E-state index contributed by atoms with van der Waals surface area (Å²) in [7, 11) is 0. The Hall–Kier alpha value is -2.80. The monoisotopic (exact) mass is 339 g/mol. The van der Waals surface area contributed by atoms with Gasteiger partial charge in [0.2, 0.25) is 4.77 Å².